The molecule has 1 aromatic carbocycles. The van der Waals surface area contributed by atoms with E-state index < -0.39 is 0 Å². The van der Waals surface area contributed by atoms with E-state index in [1.54, 1.807) is 0 Å². The zero-order valence-electron chi connectivity index (χ0n) is 11.2. The topological polar surface area (TPSA) is 89.8 Å². The van der Waals surface area contributed by atoms with E-state index in [2.05, 4.69) is 20.6 Å². The molecule has 0 aliphatic heterocycles. The summed E-state index contributed by atoms with van der Waals surface area (Å²) in [6.07, 6.45) is 0. The molecular weight excluding hydrogens is 244 g/mol. The quantitative estimate of drug-likeness (QED) is 0.677. The number of hydrogen-bond acceptors (Lipinski definition) is 2. The lowest BCUT2D eigenvalue weighted by molar-refractivity contribution is 0.235. The van der Waals surface area contributed by atoms with E-state index in [1.807, 2.05) is 39.0 Å². The SMILES string of the molecule is CC(C)NC(=O)N[C@@H](C)c1ccc2[nH]c(=O)[nH]c2c1. The molecule has 102 valence electrons. The van der Waals surface area contributed by atoms with Crippen molar-refractivity contribution in [1.82, 2.24) is 20.6 Å². The van der Waals surface area contributed by atoms with Crippen LogP contribution < -0.4 is 16.3 Å². The van der Waals surface area contributed by atoms with Gasteiger partial charge in [0, 0.05) is 6.04 Å². The smallest absolute Gasteiger partial charge is 0.323 e. The van der Waals surface area contributed by atoms with Crippen LogP contribution >= 0.6 is 0 Å². The van der Waals surface area contributed by atoms with Crippen LogP contribution in [0.5, 0.6) is 0 Å². The third kappa shape index (κ3) is 3.15. The third-order valence-electron chi connectivity index (χ3n) is 2.81. The van der Waals surface area contributed by atoms with Gasteiger partial charge in [-0.15, -0.1) is 0 Å². The monoisotopic (exact) mass is 262 g/mol. The van der Waals surface area contributed by atoms with E-state index in [4.69, 9.17) is 0 Å². The lowest BCUT2D eigenvalue weighted by Crippen LogP contribution is -2.40. The van der Waals surface area contributed by atoms with Crippen molar-refractivity contribution >= 4 is 17.1 Å². The van der Waals surface area contributed by atoms with Gasteiger partial charge in [0.15, 0.2) is 0 Å². The predicted octanol–water partition coefficient (Wildman–Crippen LogP) is 1.62. The minimum Gasteiger partial charge on any atom is -0.336 e. The molecule has 2 aromatic rings. The van der Waals surface area contributed by atoms with Gasteiger partial charge in [-0.25, -0.2) is 9.59 Å². The highest BCUT2D eigenvalue weighted by molar-refractivity contribution is 5.77. The predicted molar refractivity (Wildman–Crippen MR) is 74.1 cm³/mol. The molecule has 0 fully saturated rings. The first-order valence-electron chi connectivity index (χ1n) is 6.24. The van der Waals surface area contributed by atoms with Crippen molar-refractivity contribution in [2.75, 3.05) is 0 Å². The van der Waals surface area contributed by atoms with Gasteiger partial charge in [-0.2, -0.15) is 0 Å². The molecule has 6 heteroatoms. The van der Waals surface area contributed by atoms with E-state index >= 15 is 0 Å². The van der Waals surface area contributed by atoms with Crippen LogP contribution in [0.15, 0.2) is 23.0 Å². The normalized spacial score (nSPS) is 12.6. The molecule has 1 atom stereocenters. The van der Waals surface area contributed by atoms with Crippen LogP contribution in [-0.2, 0) is 0 Å². The zero-order chi connectivity index (χ0) is 14.0. The molecular formula is C13H18N4O2. The number of carbonyl (C=O) groups excluding carboxylic acids is 1. The largest absolute Gasteiger partial charge is 0.336 e. The number of imidazole rings is 1. The van der Waals surface area contributed by atoms with E-state index in [0.717, 1.165) is 16.6 Å². The number of hydrogen-bond donors (Lipinski definition) is 4. The number of urea groups is 1. The Morgan fingerprint density at radius 1 is 1.11 bits per heavy atom. The van der Waals surface area contributed by atoms with Crippen molar-refractivity contribution in [3.8, 4) is 0 Å². The Morgan fingerprint density at radius 3 is 2.47 bits per heavy atom. The summed E-state index contributed by atoms with van der Waals surface area (Å²) in [6, 6.07) is 5.31. The Kier molecular flexibility index (Phi) is 3.59. The summed E-state index contributed by atoms with van der Waals surface area (Å²) in [5.74, 6) is 0. The summed E-state index contributed by atoms with van der Waals surface area (Å²) < 4.78 is 0. The maximum Gasteiger partial charge on any atom is 0.323 e. The summed E-state index contributed by atoms with van der Waals surface area (Å²) in [5.41, 5.74) is 2.19. The van der Waals surface area contributed by atoms with Crippen molar-refractivity contribution < 1.29 is 4.79 Å². The van der Waals surface area contributed by atoms with Crippen LogP contribution in [0.2, 0.25) is 0 Å². The van der Waals surface area contributed by atoms with E-state index in [1.165, 1.54) is 0 Å². The number of aromatic amines is 2. The minimum atomic E-state index is -0.231. The number of amides is 2. The van der Waals surface area contributed by atoms with Crippen LogP contribution in [0.1, 0.15) is 32.4 Å². The molecule has 6 nitrogen and oxygen atoms in total. The Labute approximate surface area is 110 Å². The van der Waals surface area contributed by atoms with Gasteiger partial charge in [0.2, 0.25) is 0 Å². The summed E-state index contributed by atoms with van der Waals surface area (Å²) in [5, 5.41) is 5.62. The number of H-pyrrole nitrogens is 2. The number of rotatable bonds is 3. The maximum atomic E-state index is 11.6. The fourth-order valence-corrected chi connectivity index (χ4v) is 1.90. The number of aromatic nitrogens is 2. The van der Waals surface area contributed by atoms with Crippen LogP contribution in [-0.4, -0.2) is 22.0 Å². The Morgan fingerprint density at radius 2 is 1.79 bits per heavy atom. The first-order chi connectivity index (χ1) is 8.95. The van der Waals surface area contributed by atoms with Crippen molar-refractivity contribution in [3.63, 3.8) is 0 Å². The summed E-state index contributed by atoms with van der Waals surface area (Å²) in [4.78, 5) is 28.2. The first kappa shape index (κ1) is 13.2. The molecule has 19 heavy (non-hydrogen) atoms. The molecule has 0 radical (unpaired) electrons. The van der Waals surface area contributed by atoms with Crippen LogP contribution in [0.3, 0.4) is 0 Å². The van der Waals surface area contributed by atoms with Crippen molar-refractivity contribution in [2.45, 2.75) is 32.9 Å². The molecule has 0 saturated carbocycles. The van der Waals surface area contributed by atoms with Gasteiger partial charge >= 0.3 is 11.7 Å². The maximum absolute atomic E-state index is 11.6. The highest BCUT2D eigenvalue weighted by Gasteiger charge is 2.11. The van der Waals surface area contributed by atoms with Gasteiger partial charge in [0.25, 0.3) is 0 Å². The highest BCUT2D eigenvalue weighted by atomic mass is 16.2. The third-order valence-corrected chi connectivity index (χ3v) is 2.81. The van der Waals surface area contributed by atoms with Crippen LogP contribution in [0.4, 0.5) is 4.79 Å². The van der Waals surface area contributed by atoms with E-state index in [0.29, 0.717) is 0 Å². The second kappa shape index (κ2) is 5.17. The van der Waals surface area contributed by atoms with Crippen LogP contribution in [0, 0.1) is 0 Å². The molecule has 0 saturated heterocycles. The average molecular weight is 262 g/mol. The van der Waals surface area contributed by atoms with E-state index in [-0.39, 0.29) is 23.8 Å². The number of fused-ring (bicyclic) bond motifs is 1. The number of benzene rings is 1. The molecule has 0 aliphatic rings. The fourth-order valence-electron chi connectivity index (χ4n) is 1.90. The van der Waals surface area contributed by atoms with Gasteiger partial charge in [-0.1, -0.05) is 6.07 Å². The molecule has 2 amide bonds. The first-order valence-corrected chi connectivity index (χ1v) is 6.24. The zero-order valence-corrected chi connectivity index (χ0v) is 11.2. The Balaban J connectivity index is 2.14. The summed E-state index contributed by atoms with van der Waals surface area (Å²) >= 11 is 0. The molecule has 2 rings (SSSR count). The van der Waals surface area contributed by atoms with Gasteiger partial charge in [-0.3, -0.25) is 0 Å². The van der Waals surface area contributed by atoms with Crippen molar-refractivity contribution in [3.05, 3.63) is 34.2 Å². The second-order valence-corrected chi connectivity index (χ2v) is 4.88. The van der Waals surface area contributed by atoms with Gasteiger partial charge in [-0.05, 0) is 38.5 Å². The molecule has 0 unspecified atom stereocenters. The summed E-state index contributed by atoms with van der Waals surface area (Å²) in [6.45, 7) is 5.70. The molecule has 0 bridgehead atoms. The van der Waals surface area contributed by atoms with Gasteiger partial charge < -0.3 is 20.6 Å². The lowest BCUT2D eigenvalue weighted by atomic mass is 10.1. The second-order valence-electron chi connectivity index (χ2n) is 4.88. The van der Waals surface area contributed by atoms with Gasteiger partial charge in [0.05, 0.1) is 17.1 Å². The average Bonchev–Trinajstić information content (AvgIpc) is 2.66. The highest BCUT2D eigenvalue weighted by Crippen LogP contribution is 2.16. The minimum absolute atomic E-state index is 0.0932. The Bertz CT molecular complexity index is 641. The number of nitrogens with one attached hydrogen (secondary N) is 4. The van der Waals surface area contributed by atoms with Crippen LogP contribution in [0.25, 0.3) is 11.0 Å². The number of carbonyl (C=O) groups is 1. The fraction of sp³-hybridized carbons (Fsp3) is 0.385. The lowest BCUT2D eigenvalue weighted by Gasteiger charge is -2.16. The molecule has 1 aromatic heterocycles. The molecule has 4 N–H and O–H groups in total. The molecule has 1 heterocycles. The van der Waals surface area contributed by atoms with Gasteiger partial charge in [0.1, 0.15) is 0 Å². The van der Waals surface area contributed by atoms with E-state index in [9.17, 15) is 9.59 Å². The standard InChI is InChI=1S/C13H18N4O2/c1-7(2)14-12(18)15-8(3)9-4-5-10-11(6-9)17-13(19)16-10/h4-8H,1-3H3,(H2,14,15,18)(H2,16,17,19)/t8-/m0/s1. The molecule has 0 aliphatic carbocycles. The van der Waals surface area contributed by atoms with Crippen molar-refractivity contribution in [2.24, 2.45) is 0 Å². The summed E-state index contributed by atoms with van der Waals surface area (Å²) in [7, 11) is 0. The Hall–Kier alpha value is -2.24. The molecule has 0 spiro atoms. The van der Waals surface area contributed by atoms with Crippen molar-refractivity contribution in [1.29, 1.82) is 0 Å².